The van der Waals surface area contributed by atoms with E-state index >= 15 is 0 Å². The van der Waals surface area contributed by atoms with E-state index in [-0.39, 0.29) is 12.1 Å². The van der Waals surface area contributed by atoms with Gasteiger partial charge in [0.05, 0.1) is 13.2 Å². The zero-order chi connectivity index (χ0) is 19.8. The van der Waals surface area contributed by atoms with Crippen molar-refractivity contribution in [1.82, 2.24) is 25.2 Å². The third-order valence-electron chi connectivity index (χ3n) is 4.43. The summed E-state index contributed by atoms with van der Waals surface area (Å²) in [6.45, 7) is 0.550. The van der Waals surface area contributed by atoms with Gasteiger partial charge in [-0.15, -0.1) is 10.2 Å². The Hall–Kier alpha value is -2.74. The van der Waals surface area contributed by atoms with Crippen LogP contribution in [-0.2, 0) is 6.42 Å². The highest BCUT2D eigenvalue weighted by molar-refractivity contribution is 7.98. The summed E-state index contributed by atoms with van der Waals surface area (Å²) in [5.74, 6) is 2.49. The number of urea groups is 1. The fourth-order valence-corrected chi connectivity index (χ4v) is 3.39. The summed E-state index contributed by atoms with van der Waals surface area (Å²) in [4.78, 5) is 12.4. The first-order valence-electron chi connectivity index (χ1n) is 9.17. The van der Waals surface area contributed by atoms with Crippen LogP contribution in [0.1, 0.15) is 23.9 Å². The number of rotatable bonds is 9. The van der Waals surface area contributed by atoms with E-state index in [1.54, 1.807) is 18.9 Å². The lowest BCUT2D eigenvalue weighted by Gasteiger charge is -2.17. The summed E-state index contributed by atoms with van der Waals surface area (Å²) in [6.07, 6.45) is 5.50. The van der Waals surface area contributed by atoms with E-state index in [2.05, 4.69) is 20.8 Å². The molecule has 2 amide bonds. The Morgan fingerprint density at radius 1 is 1.21 bits per heavy atom. The molecule has 0 fully saturated rings. The summed E-state index contributed by atoms with van der Waals surface area (Å²) >= 11 is 1.74. The van der Waals surface area contributed by atoms with Gasteiger partial charge < -0.3 is 15.4 Å². The molecular weight excluding hydrogens is 374 g/mol. The van der Waals surface area contributed by atoms with Crippen molar-refractivity contribution in [3.05, 3.63) is 60.0 Å². The predicted octanol–water partition coefficient (Wildman–Crippen LogP) is 3.07. The SMILES string of the molecule is COc1ccc(CCNC(=O)NC(CCSC)c2nnc3ccccn23)cc1. The monoisotopic (exact) mass is 399 g/mol. The van der Waals surface area contributed by atoms with Crippen molar-refractivity contribution < 1.29 is 9.53 Å². The highest BCUT2D eigenvalue weighted by Gasteiger charge is 2.19. The van der Waals surface area contributed by atoms with Crippen LogP contribution < -0.4 is 15.4 Å². The molecule has 0 aliphatic rings. The third-order valence-corrected chi connectivity index (χ3v) is 5.07. The molecule has 2 aromatic heterocycles. The molecule has 148 valence electrons. The van der Waals surface area contributed by atoms with E-state index in [0.717, 1.165) is 41.4 Å². The Kier molecular flexibility index (Phi) is 7.13. The van der Waals surface area contributed by atoms with Gasteiger partial charge in [-0.1, -0.05) is 18.2 Å². The standard InChI is InChI=1S/C20H25N5O2S/c1-27-16-8-6-15(7-9-16)10-12-21-20(26)22-17(11-14-28-2)19-24-23-18-5-3-4-13-25(18)19/h3-9,13,17H,10-12,14H2,1-2H3,(H2,21,22,26). The normalized spacial score (nSPS) is 11.9. The lowest BCUT2D eigenvalue weighted by atomic mass is 10.1. The first kappa shape index (κ1) is 20.0. The number of thioether (sulfide) groups is 1. The average molecular weight is 400 g/mol. The molecule has 1 atom stereocenters. The van der Waals surface area contributed by atoms with Crippen LogP contribution in [0.25, 0.3) is 5.65 Å². The largest absolute Gasteiger partial charge is 0.497 e. The molecule has 2 N–H and O–H groups in total. The summed E-state index contributed by atoms with van der Waals surface area (Å²) in [6, 6.07) is 13.2. The second kappa shape index (κ2) is 9.98. The Bertz CT molecular complexity index is 897. The number of ether oxygens (including phenoxy) is 1. The molecule has 7 nitrogen and oxygen atoms in total. The fourth-order valence-electron chi connectivity index (χ4n) is 2.92. The molecule has 0 bridgehead atoms. The molecule has 8 heteroatoms. The molecule has 0 spiro atoms. The number of aromatic nitrogens is 3. The van der Waals surface area contributed by atoms with Crippen molar-refractivity contribution in [2.45, 2.75) is 18.9 Å². The zero-order valence-electron chi connectivity index (χ0n) is 16.1. The molecule has 0 saturated carbocycles. The van der Waals surface area contributed by atoms with E-state index in [1.807, 2.05) is 59.3 Å². The van der Waals surface area contributed by atoms with Gasteiger partial charge in [0.25, 0.3) is 0 Å². The van der Waals surface area contributed by atoms with Gasteiger partial charge in [-0.05, 0) is 54.7 Å². The van der Waals surface area contributed by atoms with Crippen LogP contribution in [0.15, 0.2) is 48.7 Å². The van der Waals surface area contributed by atoms with E-state index in [4.69, 9.17) is 4.74 Å². The van der Waals surface area contributed by atoms with Crippen molar-refractivity contribution in [2.24, 2.45) is 0 Å². The number of amides is 2. The van der Waals surface area contributed by atoms with Gasteiger partial charge in [0.1, 0.15) is 5.75 Å². The maximum atomic E-state index is 12.4. The van der Waals surface area contributed by atoms with Crippen LogP contribution in [0.4, 0.5) is 4.79 Å². The number of nitrogens with one attached hydrogen (secondary N) is 2. The minimum atomic E-state index is -0.203. The van der Waals surface area contributed by atoms with Crippen LogP contribution >= 0.6 is 11.8 Å². The van der Waals surface area contributed by atoms with Gasteiger partial charge in [0, 0.05) is 12.7 Å². The van der Waals surface area contributed by atoms with Gasteiger partial charge in [-0.25, -0.2) is 4.79 Å². The van der Waals surface area contributed by atoms with Crippen LogP contribution in [0, 0.1) is 0 Å². The molecular formula is C20H25N5O2S. The van der Waals surface area contributed by atoms with E-state index < -0.39 is 0 Å². The van der Waals surface area contributed by atoms with Crippen molar-refractivity contribution in [2.75, 3.05) is 25.7 Å². The Morgan fingerprint density at radius 3 is 2.79 bits per heavy atom. The number of hydrogen-bond donors (Lipinski definition) is 2. The molecule has 1 aromatic carbocycles. The highest BCUT2D eigenvalue weighted by atomic mass is 32.2. The maximum absolute atomic E-state index is 12.4. The molecule has 0 aliphatic carbocycles. The van der Waals surface area contributed by atoms with Gasteiger partial charge in [-0.2, -0.15) is 11.8 Å². The molecule has 0 saturated heterocycles. The number of pyridine rings is 1. The first-order chi connectivity index (χ1) is 13.7. The van der Waals surface area contributed by atoms with Gasteiger partial charge in [0.15, 0.2) is 11.5 Å². The molecule has 3 aromatic rings. The molecule has 0 aliphatic heterocycles. The second-order valence-corrected chi connectivity index (χ2v) is 7.31. The van der Waals surface area contributed by atoms with Gasteiger partial charge in [-0.3, -0.25) is 4.40 Å². The Morgan fingerprint density at radius 2 is 2.04 bits per heavy atom. The molecule has 1 unspecified atom stereocenters. The van der Waals surface area contributed by atoms with E-state index in [9.17, 15) is 4.79 Å². The highest BCUT2D eigenvalue weighted by Crippen LogP contribution is 2.18. The number of carbonyl (C=O) groups is 1. The average Bonchev–Trinajstić information content (AvgIpc) is 3.16. The minimum absolute atomic E-state index is 0.202. The summed E-state index contributed by atoms with van der Waals surface area (Å²) in [7, 11) is 1.65. The number of hydrogen-bond acceptors (Lipinski definition) is 5. The smallest absolute Gasteiger partial charge is 0.315 e. The quantitative estimate of drug-likeness (QED) is 0.578. The van der Waals surface area contributed by atoms with Gasteiger partial charge >= 0.3 is 6.03 Å². The predicted molar refractivity (Wildman–Crippen MR) is 112 cm³/mol. The van der Waals surface area contributed by atoms with Crippen LogP contribution in [0.5, 0.6) is 5.75 Å². The number of nitrogens with zero attached hydrogens (tertiary/aromatic N) is 3. The third kappa shape index (κ3) is 5.16. The molecule has 2 heterocycles. The van der Waals surface area contributed by atoms with Crippen molar-refractivity contribution >= 4 is 23.4 Å². The van der Waals surface area contributed by atoms with Crippen molar-refractivity contribution in [1.29, 1.82) is 0 Å². The van der Waals surface area contributed by atoms with Crippen LogP contribution in [0.3, 0.4) is 0 Å². The minimum Gasteiger partial charge on any atom is -0.497 e. The number of carbonyl (C=O) groups excluding carboxylic acids is 1. The van der Waals surface area contributed by atoms with Crippen LogP contribution in [-0.4, -0.2) is 46.3 Å². The van der Waals surface area contributed by atoms with E-state index in [0.29, 0.717) is 6.54 Å². The number of fused-ring (bicyclic) bond motifs is 1. The maximum Gasteiger partial charge on any atom is 0.315 e. The number of methoxy groups -OCH3 is 1. The lowest BCUT2D eigenvalue weighted by Crippen LogP contribution is -2.39. The zero-order valence-corrected chi connectivity index (χ0v) is 16.9. The molecule has 28 heavy (non-hydrogen) atoms. The fraction of sp³-hybridized carbons (Fsp3) is 0.350. The summed E-state index contributed by atoms with van der Waals surface area (Å²) in [5.41, 5.74) is 1.91. The molecule has 3 rings (SSSR count). The topological polar surface area (TPSA) is 80.5 Å². The molecule has 0 radical (unpaired) electrons. The summed E-state index contributed by atoms with van der Waals surface area (Å²) < 4.78 is 7.08. The summed E-state index contributed by atoms with van der Waals surface area (Å²) in [5, 5.41) is 14.5. The Labute approximate surface area is 168 Å². The Balaban J connectivity index is 1.58. The lowest BCUT2D eigenvalue weighted by molar-refractivity contribution is 0.236. The second-order valence-electron chi connectivity index (χ2n) is 6.32. The van der Waals surface area contributed by atoms with Crippen molar-refractivity contribution in [3.8, 4) is 5.75 Å². The van der Waals surface area contributed by atoms with E-state index in [1.165, 1.54) is 0 Å². The van der Waals surface area contributed by atoms with Crippen LogP contribution in [0.2, 0.25) is 0 Å². The number of benzene rings is 1. The first-order valence-corrected chi connectivity index (χ1v) is 10.6. The van der Waals surface area contributed by atoms with Gasteiger partial charge in [0.2, 0.25) is 0 Å². The van der Waals surface area contributed by atoms with Crippen molar-refractivity contribution in [3.63, 3.8) is 0 Å².